The van der Waals surface area contributed by atoms with E-state index in [1.54, 1.807) is 10.4 Å². The molecule has 2 heterocycles. The van der Waals surface area contributed by atoms with Crippen molar-refractivity contribution in [2.24, 2.45) is 0 Å². The molecule has 0 aliphatic carbocycles. The third-order valence-corrected chi connectivity index (χ3v) is 7.54. The van der Waals surface area contributed by atoms with Crippen molar-refractivity contribution in [1.82, 2.24) is 9.21 Å². The van der Waals surface area contributed by atoms with E-state index in [4.69, 9.17) is 5.11 Å². The zero-order chi connectivity index (χ0) is 14.9. The molecule has 20 heavy (non-hydrogen) atoms. The summed E-state index contributed by atoms with van der Waals surface area (Å²) < 4.78 is 27.7. The van der Waals surface area contributed by atoms with Gasteiger partial charge in [0.05, 0.1) is 10.4 Å². The Bertz CT molecular complexity index is 571. The molecule has 0 saturated carbocycles. The first-order valence-corrected chi connectivity index (χ1v) is 9.47. The maximum atomic E-state index is 12.8. The van der Waals surface area contributed by atoms with Crippen LogP contribution in [0.2, 0.25) is 0 Å². The van der Waals surface area contributed by atoms with Crippen molar-refractivity contribution in [2.75, 3.05) is 27.2 Å². The first-order chi connectivity index (χ1) is 9.36. The van der Waals surface area contributed by atoms with E-state index in [-0.39, 0.29) is 17.5 Å². The molecule has 1 atom stereocenters. The van der Waals surface area contributed by atoms with Crippen molar-refractivity contribution in [1.29, 1.82) is 0 Å². The van der Waals surface area contributed by atoms with Crippen molar-refractivity contribution in [3.63, 3.8) is 0 Å². The third kappa shape index (κ3) is 3.26. The normalized spacial score (nSPS) is 20.9. The third-order valence-electron chi connectivity index (χ3n) is 3.35. The number of hydrogen-bond acceptors (Lipinski definition) is 5. The Morgan fingerprint density at radius 1 is 1.55 bits per heavy atom. The van der Waals surface area contributed by atoms with Gasteiger partial charge in [-0.1, -0.05) is 0 Å². The number of aliphatic hydroxyl groups is 1. The molecule has 1 saturated heterocycles. The van der Waals surface area contributed by atoms with Crippen LogP contribution in [0.1, 0.15) is 17.7 Å². The van der Waals surface area contributed by atoms with Gasteiger partial charge >= 0.3 is 0 Å². The maximum absolute atomic E-state index is 12.8. The second kappa shape index (κ2) is 6.41. The molecule has 0 radical (unpaired) electrons. The quantitative estimate of drug-likeness (QED) is 0.841. The molecule has 0 bridgehead atoms. The van der Waals surface area contributed by atoms with Gasteiger partial charge in [0.15, 0.2) is 0 Å². The Labute approximate surface area is 132 Å². The smallest absolute Gasteiger partial charge is 0.245 e. The van der Waals surface area contributed by atoms with E-state index in [9.17, 15) is 8.42 Å². The fourth-order valence-corrected chi connectivity index (χ4v) is 6.69. The molecule has 114 valence electrons. The van der Waals surface area contributed by atoms with Gasteiger partial charge in [-0.05, 0) is 48.9 Å². The second-order valence-electron chi connectivity index (χ2n) is 5.18. The minimum absolute atomic E-state index is 0.0272. The van der Waals surface area contributed by atoms with E-state index >= 15 is 0 Å². The zero-order valence-corrected chi connectivity index (χ0v) is 14.8. The molecule has 1 aliphatic rings. The lowest BCUT2D eigenvalue weighted by molar-refractivity contribution is 0.285. The molecule has 1 aromatic rings. The van der Waals surface area contributed by atoms with E-state index in [0.29, 0.717) is 15.2 Å². The zero-order valence-electron chi connectivity index (χ0n) is 11.5. The fourth-order valence-electron chi connectivity index (χ4n) is 2.51. The van der Waals surface area contributed by atoms with Crippen LogP contribution in [-0.4, -0.2) is 56.0 Å². The number of aliphatic hydroxyl groups excluding tert-OH is 1. The van der Waals surface area contributed by atoms with Crippen LogP contribution in [0.3, 0.4) is 0 Å². The van der Waals surface area contributed by atoms with Crippen molar-refractivity contribution in [2.45, 2.75) is 30.4 Å². The predicted molar refractivity (Wildman–Crippen MR) is 83.4 cm³/mol. The topological polar surface area (TPSA) is 60.9 Å². The highest BCUT2D eigenvalue weighted by Crippen LogP contribution is 2.36. The van der Waals surface area contributed by atoms with Crippen LogP contribution in [0.4, 0.5) is 0 Å². The van der Waals surface area contributed by atoms with E-state index in [1.807, 2.05) is 19.0 Å². The fraction of sp³-hybridized carbons (Fsp3) is 0.667. The molecular weight excluding hydrogens is 364 g/mol. The summed E-state index contributed by atoms with van der Waals surface area (Å²) in [4.78, 5) is 2.94. The Morgan fingerprint density at radius 3 is 2.80 bits per heavy atom. The summed E-state index contributed by atoms with van der Waals surface area (Å²) in [6.07, 6.45) is 1.79. The summed E-state index contributed by atoms with van der Waals surface area (Å²) >= 11 is 4.57. The highest BCUT2D eigenvalue weighted by atomic mass is 79.9. The number of thiophene rings is 1. The van der Waals surface area contributed by atoms with Crippen molar-refractivity contribution < 1.29 is 13.5 Å². The van der Waals surface area contributed by atoms with Gasteiger partial charge in [-0.15, -0.1) is 11.3 Å². The summed E-state index contributed by atoms with van der Waals surface area (Å²) in [6.45, 7) is 1.16. The van der Waals surface area contributed by atoms with Crippen molar-refractivity contribution >= 4 is 37.3 Å². The van der Waals surface area contributed by atoms with Crippen molar-refractivity contribution in [3.05, 3.63) is 14.7 Å². The van der Waals surface area contributed by atoms with Crippen LogP contribution in [0, 0.1) is 0 Å². The van der Waals surface area contributed by atoms with Gasteiger partial charge in [-0.3, -0.25) is 0 Å². The number of likely N-dealkylation sites (N-methyl/N-ethyl adjacent to an activating group) is 1. The highest BCUT2D eigenvalue weighted by Gasteiger charge is 2.37. The van der Waals surface area contributed by atoms with Gasteiger partial charge in [0.2, 0.25) is 10.0 Å². The monoisotopic (exact) mass is 382 g/mol. The van der Waals surface area contributed by atoms with Gasteiger partial charge in [0, 0.05) is 24.0 Å². The number of halogens is 1. The molecule has 1 N–H and O–H groups in total. The molecular formula is C12H19BrN2O3S2. The predicted octanol–water partition coefficient (Wildman–Crippen LogP) is 1.72. The number of nitrogens with zero attached hydrogens (tertiary/aromatic N) is 2. The average molecular weight is 383 g/mol. The SMILES string of the molecule is CN(C)CC1CCCN1S(=O)(=O)c1cc(CO)sc1Br. The molecule has 8 heteroatoms. The van der Waals surface area contributed by atoms with Crippen LogP contribution >= 0.6 is 27.3 Å². The van der Waals surface area contributed by atoms with E-state index < -0.39 is 10.0 Å². The lowest BCUT2D eigenvalue weighted by Gasteiger charge is -2.26. The van der Waals surface area contributed by atoms with Crippen LogP contribution in [0.25, 0.3) is 0 Å². The number of rotatable bonds is 5. The van der Waals surface area contributed by atoms with E-state index in [0.717, 1.165) is 19.4 Å². The van der Waals surface area contributed by atoms with Gasteiger partial charge in [0.25, 0.3) is 0 Å². The molecule has 0 amide bonds. The number of hydrogen-bond donors (Lipinski definition) is 1. The average Bonchev–Trinajstić information content (AvgIpc) is 2.95. The standard InChI is InChI=1S/C12H19BrN2O3S2/c1-14(2)7-9-4-3-5-15(9)20(17,18)11-6-10(8-16)19-12(11)13/h6,9,16H,3-5,7-8H2,1-2H3. The summed E-state index contributed by atoms with van der Waals surface area (Å²) in [5.74, 6) is 0. The minimum atomic E-state index is -3.49. The summed E-state index contributed by atoms with van der Waals surface area (Å²) in [5, 5.41) is 9.15. The van der Waals surface area contributed by atoms with Crippen LogP contribution in [0.15, 0.2) is 14.7 Å². The molecule has 1 fully saturated rings. The maximum Gasteiger partial charge on any atom is 0.245 e. The largest absolute Gasteiger partial charge is 0.391 e. The second-order valence-corrected chi connectivity index (χ2v) is 9.50. The molecule has 1 unspecified atom stereocenters. The van der Waals surface area contributed by atoms with Crippen LogP contribution in [0.5, 0.6) is 0 Å². The number of sulfonamides is 1. The van der Waals surface area contributed by atoms with E-state index in [1.165, 1.54) is 11.3 Å². The first kappa shape index (κ1) is 16.4. The lowest BCUT2D eigenvalue weighted by atomic mass is 10.2. The minimum Gasteiger partial charge on any atom is -0.391 e. The summed E-state index contributed by atoms with van der Waals surface area (Å²) in [5.41, 5.74) is 0. The van der Waals surface area contributed by atoms with Gasteiger partial charge in [0.1, 0.15) is 4.90 Å². The van der Waals surface area contributed by atoms with E-state index in [2.05, 4.69) is 15.9 Å². The molecule has 2 rings (SSSR count). The Kier molecular flexibility index (Phi) is 5.25. The Hall–Kier alpha value is 0.01000. The van der Waals surface area contributed by atoms with Gasteiger partial charge in [-0.25, -0.2) is 8.42 Å². The molecule has 5 nitrogen and oxygen atoms in total. The van der Waals surface area contributed by atoms with Crippen LogP contribution in [-0.2, 0) is 16.6 Å². The van der Waals surface area contributed by atoms with Crippen molar-refractivity contribution in [3.8, 4) is 0 Å². The molecule has 1 aromatic heterocycles. The lowest BCUT2D eigenvalue weighted by Crippen LogP contribution is -2.41. The molecule has 0 aromatic carbocycles. The van der Waals surface area contributed by atoms with Gasteiger partial charge in [-0.2, -0.15) is 4.31 Å². The first-order valence-electron chi connectivity index (χ1n) is 6.42. The Morgan fingerprint density at radius 2 is 2.25 bits per heavy atom. The summed E-state index contributed by atoms with van der Waals surface area (Å²) in [6, 6.07) is 1.59. The Balaban J connectivity index is 2.31. The molecule has 1 aliphatic heterocycles. The molecule has 0 spiro atoms. The summed E-state index contributed by atoms with van der Waals surface area (Å²) in [7, 11) is 0.409. The highest BCUT2D eigenvalue weighted by molar-refractivity contribution is 9.11. The van der Waals surface area contributed by atoms with Crippen LogP contribution < -0.4 is 0 Å². The van der Waals surface area contributed by atoms with Gasteiger partial charge < -0.3 is 10.0 Å².